The van der Waals surface area contributed by atoms with Crippen LogP contribution in [0.25, 0.3) is 0 Å². The van der Waals surface area contributed by atoms with Gasteiger partial charge in [0.05, 0.1) is 17.3 Å². The van der Waals surface area contributed by atoms with Crippen molar-refractivity contribution in [2.45, 2.75) is 19.9 Å². The van der Waals surface area contributed by atoms with Gasteiger partial charge in [-0.3, -0.25) is 4.57 Å². The summed E-state index contributed by atoms with van der Waals surface area (Å²) in [5.41, 5.74) is 0.338. The number of pyridine rings is 1. The lowest BCUT2D eigenvalue weighted by Gasteiger charge is -2.09. The topological polar surface area (TPSA) is 59.8 Å². The van der Waals surface area contributed by atoms with E-state index in [4.69, 9.17) is 11.6 Å². The minimum atomic E-state index is -0.313. The highest BCUT2D eigenvalue weighted by atomic mass is 35.5. The second-order valence-corrected chi connectivity index (χ2v) is 4.49. The van der Waals surface area contributed by atoms with Gasteiger partial charge in [-0.1, -0.05) is 18.5 Å². The molecule has 2 heterocycles. The lowest BCUT2D eigenvalue weighted by molar-refractivity contribution is 0.711. The summed E-state index contributed by atoms with van der Waals surface area (Å²) in [6, 6.07) is 5.31. The first kappa shape index (κ1) is 13.5. The molecule has 0 fully saturated rings. The maximum Gasteiger partial charge on any atom is 0.347 e. The van der Waals surface area contributed by atoms with Crippen LogP contribution in [0.4, 0.5) is 5.82 Å². The third-order valence-corrected chi connectivity index (χ3v) is 2.92. The Labute approximate surface area is 116 Å². The molecular weight excluding hydrogens is 264 g/mol. The zero-order chi connectivity index (χ0) is 13.7. The highest BCUT2D eigenvalue weighted by Gasteiger charge is 2.06. The average molecular weight is 279 g/mol. The van der Waals surface area contributed by atoms with Crippen molar-refractivity contribution in [3.05, 3.63) is 51.8 Å². The van der Waals surface area contributed by atoms with E-state index in [1.54, 1.807) is 18.3 Å². The van der Waals surface area contributed by atoms with Gasteiger partial charge in [0.2, 0.25) is 0 Å². The first-order valence-electron chi connectivity index (χ1n) is 6.11. The molecule has 0 aliphatic rings. The maximum absolute atomic E-state index is 11.6. The Balaban J connectivity index is 2.24. The first-order valence-corrected chi connectivity index (χ1v) is 6.49. The van der Waals surface area contributed by atoms with E-state index in [0.717, 1.165) is 18.8 Å². The van der Waals surface area contributed by atoms with E-state index < -0.39 is 0 Å². The number of anilines is 1. The quantitative estimate of drug-likeness (QED) is 0.910. The third-order valence-electron chi connectivity index (χ3n) is 2.58. The molecule has 6 heteroatoms. The molecule has 0 bridgehead atoms. The van der Waals surface area contributed by atoms with Crippen LogP contribution in [-0.4, -0.2) is 21.1 Å². The molecule has 2 aromatic heterocycles. The number of hydrogen-bond acceptors (Lipinski definition) is 4. The van der Waals surface area contributed by atoms with Gasteiger partial charge in [0, 0.05) is 18.9 Å². The molecule has 2 aromatic rings. The molecule has 0 amide bonds. The van der Waals surface area contributed by atoms with Crippen molar-refractivity contribution in [2.75, 3.05) is 11.9 Å². The van der Waals surface area contributed by atoms with E-state index in [1.807, 2.05) is 6.07 Å². The number of halogens is 1. The molecule has 1 N–H and O–H groups in total. The predicted octanol–water partition coefficient (Wildman–Crippen LogP) is 2.16. The lowest BCUT2D eigenvalue weighted by Crippen LogP contribution is -2.22. The molecule has 0 saturated heterocycles. The van der Waals surface area contributed by atoms with Crippen LogP contribution in [0, 0.1) is 0 Å². The van der Waals surface area contributed by atoms with Gasteiger partial charge >= 0.3 is 5.69 Å². The van der Waals surface area contributed by atoms with Crippen molar-refractivity contribution >= 4 is 17.4 Å². The molecular formula is C13H15ClN4O. The summed E-state index contributed by atoms with van der Waals surface area (Å²) < 4.78 is 1.47. The Bertz CT molecular complexity index is 612. The molecule has 2 rings (SSSR count). The van der Waals surface area contributed by atoms with Gasteiger partial charge in [0.1, 0.15) is 5.82 Å². The van der Waals surface area contributed by atoms with E-state index >= 15 is 0 Å². The predicted molar refractivity (Wildman–Crippen MR) is 75.6 cm³/mol. The summed E-state index contributed by atoms with van der Waals surface area (Å²) in [5, 5.41) is 3.73. The molecule has 0 aliphatic carbocycles. The highest BCUT2D eigenvalue weighted by molar-refractivity contribution is 6.31. The van der Waals surface area contributed by atoms with E-state index in [2.05, 4.69) is 22.2 Å². The van der Waals surface area contributed by atoms with Gasteiger partial charge in [0.25, 0.3) is 0 Å². The first-order chi connectivity index (χ1) is 9.20. The van der Waals surface area contributed by atoms with E-state index in [9.17, 15) is 4.79 Å². The molecule has 0 radical (unpaired) electrons. The molecule has 19 heavy (non-hydrogen) atoms. The summed E-state index contributed by atoms with van der Waals surface area (Å²) in [4.78, 5) is 19.7. The number of nitrogens with one attached hydrogen (secondary N) is 1. The molecule has 0 spiro atoms. The van der Waals surface area contributed by atoms with Gasteiger partial charge in [-0.25, -0.2) is 14.8 Å². The van der Waals surface area contributed by atoms with Gasteiger partial charge < -0.3 is 5.32 Å². The minimum absolute atomic E-state index is 0.313. The zero-order valence-electron chi connectivity index (χ0n) is 10.6. The fraction of sp³-hybridized carbons (Fsp3) is 0.308. The monoisotopic (exact) mass is 278 g/mol. The Morgan fingerprint density at radius 2 is 2.26 bits per heavy atom. The Morgan fingerprint density at radius 1 is 1.42 bits per heavy atom. The normalized spacial score (nSPS) is 10.4. The Hall–Kier alpha value is -1.88. The second-order valence-electron chi connectivity index (χ2n) is 4.08. The van der Waals surface area contributed by atoms with Gasteiger partial charge in [0.15, 0.2) is 0 Å². The largest absolute Gasteiger partial charge is 0.370 e. The summed E-state index contributed by atoms with van der Waals surface area (Å²) in [7, 11) is 0. The summed E-state index contributed by atoms with van der Waals surface area (Å²) in [6.45, 7) is 3.24. The van der Waals surface area contributed by atoms with Crippen molar-refractivity contribution in [2.24, 2.45) is 0 Å². The fourth-order valence-electron chi connectivity index (χ4n) is 1.62. The van der Waals surface area contributed by atoms with E-state index in [1.165, 1.54) is 10.8 Å². The number of hydrogen-bond donors (Lipinski definition) is 1. The Kier molecular flexibility index (Phi) is 4.52. The van der Waals surface area contributed by atoms with Crippen LogP contribution in [0.5, 0.6) is 0 Å². The van der Waals surface area contributed by atoms with E-state index in [-0.39, 0.29) is 5.69 Å². The van der Waals surface area contributed by atoms with Crippen molar-refractivity contribution in [1.29, 1.82) is 0 Å². The summed E-state index contributed by atoms with van der Waals surface area (Å²) >= 11 is 6.11. The lowest BCUT2D eigenvalue weighted by atomic mass is 10.3. The smallest absolute Gasteiger partial charge is 0.347 e. The van der Waals surface area contributed by atoms with Crippen LogP contribution >= 0.6 is 11.6 Å². The molecule has 0 aliphatic heterocycles. The van der Waals surface area contributed by atoms with Crippen molar-refractivity contribution < 1.29 is 0 Å². The molecule has 100 valence electrons. The number of nitrogens with zero attached hydrogens (tertiary/aromatic N) is 3. The Morgan fingerprint density at radius 3 is 3.00 bits per heavy atom. The molecule has 0 unspecified atom stereocenters. The van der Waals surface area contributed by atoms with Crippen LogP contribution < -0.4 is 11.0 Å². The van der Waals surface area contributed by atoms with Crippen LogP contribution in [0.2, 0.25) is 5.02 Å². The van der Waals surface area contributed by atoms with E-state index in [0.29, 0.717) is 17.3 Å². The summed E-state index contributed by atoms with van der Waals surface area (Å²) in [5.74, 6) is 0.762. The van der Waals surface area contributed by atoms with Crippen LogP contribution in [0.3, 0.4) is 0 Å². The standard InChI is InChI=1S/C13H15ClN4O/c1-2-6-15-12-5-4-10(14)11(17-12)9-18-8-3-7-16-13(18)19/h3-5,7-8H,2,6,9H2,1H3,(H,15,17). The highest BCUT2D eigenvalue weighted by Crippen LogP contribution is 2.17. The number of rotatable bonds is 5. The summed E-state index contributed by atoms with van der Waals surface area (Å²) in [6.07, 6.45) is 4.15. The zero-order valence-corrected chi connectivity index (χ0v) is 11.4. The minimum Gasteiger partial charge on any atom is -0.370 e. The molecule has 0 aromatic carbocycles. The fourth-order valence-corrected chi connectivity index (χ4v) is 1.78. The van der Waals surface area contributed by atoms with Crippen LogP contribution in [0.15, 0.2) is 35.4 Å². The average Bonchev–Trinajstić information content (AvgIpc) is 2.42. The van der Waals surface area contributed by atoms with Crippen molar-refractivity contribution in [3.63, 3.8) is 0 Å². The molecule has 0 saturated carbocycles. The third kappa shape index (κ3) is 3.54. The maximum atomic E-state index is 11.6. The SMILES string of the molecule is CCCNc1ccc(Cl)c(Cn2cccnc2=O)n1. The van der Waals surface area contributed by atoms with Gasteiger partial charge in [-0.2, -0.15) is 0 Å². The van der Waals surface area contributed by atoms with Crippen LogP contribution in [-0.2, 0) is 6.54 Å². The molecule has 5 nitrogen and oxygen atoms in total. The van der Waals surface area contributed by atoms with Crippen molar-refractivity contribution in [3.8, 4) is 0 Å². The van der Waals surface area contributed by atoms with Gasteiger partial charge in [-0.15, -0.1) is 0 Å². The van der Waals surface area contributed by atoms with Crippen molar-refractivity contribution in [1.82, 2.24) is 14.5 Å². The number of aromatic nitrogens is 3. The second kappa shape index (κ2) is 6.33. The van der Waals surface area contributed by atoms with Crippen LogP contribution in [0.1, 0.15) is 19.0 Å². The molecule has 0 atom stereocenters. The van der Waals surface area contributed by atoms with Gasteiger partial charge in [-0.05, 0) is 24.6 Å².